The van der Waals surface area contributed by atoms with Crippen molar-refractivity contribution in [3.8, 4) is 0 Å². The van der Waals surface area contributed by atoms with Gasteiger partial charge in [0.2, 0.25) is 5.91 Å². The number of hydrogen-bond donors (Lipinski definition) is 3. The van der Waals surface area contributed by atoms with Crippen molar-refractivity contribution in [2.75, 3.05) is 7.05 Å². The standard InChI is InChI=1S/C9H12N2O2/c1-10-9(12)6-7-3-2-4-8(5-7)11-13/h2-4,6,11,13H,5H2,1H3,(H,10,12). The van der Waals surface area contributed by atoms with Gasteiger partial charge in [-0.05, 0) is 11.6 Å². The third-order valence-corrected chi connectivity index (χ3v) is 1.71. The Morgan fingerprint density at radius 3 is 3.08 bits per heavy atom. The Morgan fingerprint density at radius 1 is 1.69 bits per heavy atom. The Labute approximate surface area is 76.6 Å². The predicted molar refractivity (Wildman–Crippen MR) is 48.9 cm³/mol. The molecule has 0 saturated carbocycles. The molecule has 0 aromatic carbocycles. The van der Waals surface area contributed by atoms with Crippen LogP contribution in [0.2, 0.25) is 0 Å². The summed E-state index contributed by atoms with van der Waals surface area (Å²) in [5.41, 5.74) is 3.60. The molecular formula is C9H12N2O2. The van der Waals surface area contributed by atoms with E-state index in [4.69, 9.17) is 5.21 Å². The van der Waals surface area contributed by atoms with Gasteiger partial charge in [0.15, 0.2) is 0 Å². The number of carbonyl (C=O) groups is 1. The van der Waals surface area contributed by atoms with E-state index in [0.717, 1.165) is 5.57 Å². The van der Waals surface area contributed by atoms with Crippen LogP contribution in [0.1, 0.15) is 6.42 Å². The molecule has 0 saturated heterocycles. The fourth-order valence-electron chi connectivity index (χ4n) is 1.04. The van der Waals surface area contributed by atoms with Gasteiger partial charge in [-0.15, -0.1) is 0 Å². The maximum atomic E-state index is 11.0. The van der Waals surface area contributed by atoms with Crippen LogP contribution in [0.15, 0.2) is 35.6 Å². The van der Waals surface area contributed by atoms with Gasteiger partial charge in [-0.3, -0.25) is 15.5 Å². The molecule has 1 aliphatic carbocycles. The molecule has 0 aromatic rings. The largest absolute Gasteiger partial charge is 0.356 e. The van der Waals surface area contributed by atoms with Crippen LogP contribution in [-0.4, -0.2) is 18.2 Å². The molecule has 1 rings (SSSR count). The van der Waals surface area contributed by atoms with E-state index in [9.17, 15) is 4.79 Å². The summed E-state index contributed by atoms with van der Waals surface area (Å²) in [6.07, 6.45) is 7.40. The maximum absolute atomic E-state index is 11.0. The minimum atomic E-state index is -0.140. The molecule has 0 unspecified atom stereocenters. The van der Waals surface area contributed by atoms with Crippen molar-refractivity contribution < 1.29 is 10.0 Å². The molecule has 0 heterocycles. The fourth-order valence-corrected chi connectivity index (χ4v) is 1.04. The van der Waals surface area contributed by atoms with Crippen LogP contribution in [0.5, 0.6) is 0 Å². The first-order valence-corrected chi connectivity index (χ1v) is 3.96. The Bertz CT molecular complexity index is 290. The second-order valence-corrected chi connectivity index (χ2v) is 2.67. The summed E-state index contributed by atoms with van der Waals surface area (Å²) in [6.45, 7) is 0. The number of hydroxylamine groups is 1. The zero-order chi connectivity index (χ0) is 9.68. The van der Waals surface area contributed by atoms with E-state index < -0.39 is 0 Å². The molecule has 0 radical (unpaired) electrons. The fraction of sp³-hybridized carbons (Fsp3) is 0.222. The van der Waals surface area contributed by atoms with Crippen LogP contribution < -0.4 is 10.8 Å². The van der Waals surface area contributed by atoms with Gasteiger partial charge in [0, 0.05) is 25.2 Å². The van der Waals surface area contributed by atoms with Crippen LogP contribution in [0.3, 0.4) is 0 Å². The van der Waals surface area contributed by atoms with Crippen molar-refractivity contribution >= 4 is 5.91 Å². The van der Waals surface area contributed by atoms with Gasteiger partial charge in [0.05, 0.1) is 0 Å². The highest BCUT2D eigenvalue weighted by Gasteiger charge is 2.04. The van der Waals surface area contributed by atoms with Crippen molar-refractivity contribution in [1.82, 2.24) is 10.8 Å². The minimum Gasteiger partial charge on any atom is -0.356 e. The molecule has 0 spiro atoms. The third kappa shape index (κ3) is 2.76. The summed E-state index contributed by atoms with van der Waals surface area (Å²) in [7, 11) is 1.58. The summed E-state index contributed by atoms with van der Waals surface area (Å²) >= 11 is 0. The van der Waals surface area contributed by atoms with Crippen molar-refractivity contribution in [1.29, 1.82) is 0 Å². The summed E-state index contributed by atoms with van der Waals surface area (Å²) in [5.74, 6) is -0.140. The van der Waals surface area contributed by atoms with Crippen molar-refractivity contribution in [3.63, 3.8) is 0 Å². The number of carbonyl (C=O) groups excluding carboxylic acids is 1. The lowest BCUT2D eigenvalue weighted by molar-refractivity contribution is -0.116. The maximum Gasteiger partial charge on any atom is 0.244 e. The van der Waals surface area contributed by atoms with Gasteiger partial charge in [-0.25, -0.2) is 0 Å². The number of allylic oxidation sites excluding steroid dienone is 4. The minimum absolute atomic E-state index is 0.140. The second kappa shape index (κ2) is 4.47. The van der Waals surface area contributed by atoms with E-state index in [1.165, 1.54) is 6.08 Å². The quantitative estimate of drug-likeness (QED) is 0.428. The molecule has 1 amide bonds. The smallest absolute Gasteiger partial charge is 0.244 e. The summed E-state index contributed by atoms with van der Waals surface area (Å²) in [6, 6.07) is 0. The summed E-state index contributed by atoms with van der Waals surface area (Å²) < 4.78 is 0. The highest BCUT2D eigenvalue weighted by Crippen LogP contribution is 2.14. The van der Waals surface area contributed by atoms with E-state index in [1.54, 1.807) is 19.2 Å². The lowest BCUT2D eigenvalue weighted by Gasteiger charge is -2.09. The van der Waals surface area contributed by atoms with Crippen LogP contribution in [0.4, 0.5) is 0 Å². The zero-order valence-electron chi connectivity index (χ0n) is 7.37. The molecule has 4 nitrogen and oxygen atoms in total. The number of hydrogen-bond acceptors (Lipinski definition) is 3. The Morgan fingerprint density at radius 2 is 2.46 bits per heavy atom. The molecule has 13 heavy (non-hydrogen) atoms. The Kier molecular flexibility index (Phi) is 3.28. The van der Waals surface area contributed by atoms with Gasteiger partial charge in [-0.2, -0.15) is 0 Å². The molecule has 3 N–H and O–H groups in total. The average Bonchev–Trinajstić information content (AvgIpc) is 2.18. The molecule has 70 valence electrons. The summed E-state index contributed by atoms with van der Waals surface area (Å²) in [5, 5.41) is 11.1. The highest BCUT2D eigenvalue weighted by molar-refractivity contribution is 5.88. The Hall–Kier alpha value is -1.55. The molecule has 0 atom stereocenters. The van der Waals surface area contributed by atoms with E-state index in [1.807, 2.05) is 6.08 Å². The topological polar surface area (TPSA) is 61.4 Å². The number of likely N-dealkylation sites (N-methyl/N-ethyl adjacent to an activating group) is 1. The van der Waals surface area contributed by atoms with Crippen molar-refractivity contribution in [2.24, 2.45) is 0 Å². The summed E-state index contributed by atoms with van der Waals surface area (Å²) in [4.78, 5) is 11.0. The number of amides is 1. The lowest BCUT2D eigenvalue weighted by Crippen LogP contribution is -2.16. The number of rotatable bonds is 2. The van der Waals surface area contributed by atoms with Gasteiger partial charge >= 0.3 is 0 Å². The SMILES string of the molecule is CNC(=O)C=C1C=CC=C(NO)C1. The first-order valence-electron chi connectivity index (χ1n) is 3.96. The Balaban J connectivity index is 2.67. The van der Waals surface area contributed by atoms with Gasteiger partial charge < -0.3 is 5.32 Å². The van der Waals surface area contributed by atoms with Gasteiger partial charge in [0.1, 0.15) is 0 Å². The molecule has 0 bridgehead atoms. The molecule has 4 heteroatoms. The van der Waals surface area contributed by atoms with Crippen LogP contribution >= 0.6 is 0 Å². The highest BCUT2D eigenvalue weighted by atomic mass is 16.5. The van der Waals surface area contributed by atoms with E-state index >= 15 is 0 Å². The molecule has 1 aliphatic rings. The lowest BCUT2D eigenvalue weighted by atomic mass is 10.0. The van der Waals surface area contributed by atoms with Crippen LogP contribution in [0.25, 0.3) is 0 Å². The molecular weight excluding hydrogens is 168 g/mol. The predicted octanol–water partition coefficient (Wildman–Crippen LogP) is 0.481. The average molecular weight is 180 g/mol. The molecule has 0 aliphatic heterocycles. The van der Waals surface area contributed by atoms with Crippen LogP contribution in [-0.2, 0) is 4.79 Å². The first-order chi connectivity index (χ1) is 6.26. The van der Waals surface area contributed by atoms with E-state index in [2.05, 4.69) is 10.8 Å². The van der Waals surface area contributed by atoms with Gasteiger partial charge in [0.25, 0.3) is 0 Å². The normalized spacial score (nSPS) is 18.3. The van der Waals surface area contributed by atoms with Crippen molar-refractivity contribution in [2.45, 2.75) is 6.42 Å². The van der Waals surface area contributed by atoms with Gasteiger partial charge in [-0.1, -0.05) is 12.2 Å². The first kappa shape index (κ1) is 9.54. The number of nitrogens with one attached hydrogen (secondary N) is 2. The van der Waals surface area contributed by atoms with E-state index in [-0.39, 0.29) is 5.91 Å². The molecule has 0 fully saturated rings. The monoisotopic (exact) mass is 180 g/mol. The third-order valence-electron chi connectivity index (χ3n) is 1.71. The van der Waals surface area contributed by atoms with Crippen molar-refractivity contribution in [3.05, 3.63) is 35.6 Å². The molecule has 0 aromatic heterocycles. The van der Waals surface area contributed by atoms with Crippen LogP contribution in [0, 0.1) is 0 Å². The van der Waals surface area contributed by atoms with E-state index in [0.29, 0.717) is 12.1 Å². The second-order valence-electron chi connectivity index (χ2n) is 2.67. The zero-order valence-corrected chi connectivity index (χ0v) is 7.37.